The number of ether oxygens (including phenoxy) is 2. The molecule has 5 heteroatoms. The number of cyclic esters (lactones) is 1. The van der Waals surface area contributed by atoms with Gasteiger partial charge in [-0.1, -0.05) is 0 Å². The SMILES string of the molecule is CC(C)(C)Oc1ccc(O)c([C@@H]2CCOC(=O)N2)c1. The van der Waals surface area contributed by atoms with Crippen molar-refractivity contribution in [2.45, 2.75) is 38.8 Å². The number of benzene rings is 1. The highest BCUT2D eigenvalue weighted by Gasteiger charge is 2.24. The molecule has 0 aliphatic carbocycles. The summed E-state index contributed by atoms with van der Waals surface area (Å²) in [6.07, 6.45) is 0.163. The minimum Gasteiger partial charge on any atom is -0.508 e. The van der Waals surface area contributed by atoms with Crippen LogP contribution in [0.5, 0.6) is 11.5 Å². The lowest BCUT2D eigenvalue weighted by Gasteiger charge is -2.26. The third kappa shape index (κ3) is 3.53. The van der Waals surface area contributed by atoms with Crippen molar-refractivity contribution in [1.29, 1.82) is 0 Å². The maximum absolute atomic E-state index is 11.2. The fourth-order valence-electron chi connectivity index (χ4n) is 1.99. The molecule has 1 aromatic rings. The molecular weight excluding hydrogens is 246 g/mol. The molecule has 0 radical (unpaired) electrons. The van der Waals surface area contributed by atoms with Gasteiger partial charge in [0.1, 0.15) is 17.1 Å². The van der Waals surface area contributed by atoms with Gasteiger partial charge in [0.2, 0.25) is 0 Å². The van der Waals surface area contributed by atoms with E-state index in [1.54, 1.807) is 18.2 Å². The summed E-state index contributed by atoms with van der Waals surface area (Å²) in [5.74, 6) is 0.814. The monoisotopic (exact) mass is 265 g/mol. The highest BCUT2D eigenvalue weighted by atomic mass is 16.6. The van der Waals surface area contributed by atoms with Gasteiger partial charge < -0.3 is 19.9 Å². The topological polar surface area (TPSA) is 67.8 Å². The second-order valence-electron chi connectivity index (χ2n) is 5.56. The van der Waals surface area contributed by atoms with Crippen molar-refractivity contribution in [2.24, 2.45) is 0 Å². The Morgan fingerprint density at radius 1 is 1.42 bits per heavy atom. The first-order chi connectivity index (χ1) is 8.85. The average Bonchev–Trinajstić information content (AvgIpc) is 2.30. The molecule has 2 rings (SSSR count). The van der Waals surface area contributed by atoms with E-state index in [2.05, 4.69) is 5.32 Å². The van der Waals surface area contributed by atoms with Gasteiger partial charge in [0.05, 0.1) is 12.6 Å². The van der Waals surface area contributed by atoms with Crippen molar-refractivity contribution in [1.82, 2.24) is 5.32 Å². The number of carbonyl (C=O) groups excluding carboxylic acids is 1. The summed E-state index contributed by atoms with van der Waals surface area (Å²) in [4.78, 5) is 11.2. The molecule has 0 unspecified atom stereocenters. The zero-order valence-electron chi connectivity index (χ0n) is 11.4. The van der Waals surface area contributed by atoms with Gasteiger partial charge in [0.25, 0.3) is 0 Å². The lowest BCUT2D eigenvalue weighted by molar-refractivity contribution is 0.114. The number of hydrogen-bond donors (Lipinski definition) is 2. The molecule has 0 aromatic heterocycles. The number of alkyl carbamates (subject to hydrolysis) is 1. The third-order valence-electron chi connectivity index (χ3n) is 2.73. The van der Waals surface area contributed by atoms with Crippen LogP contribution in [0, 0.1) is 0 Å². The molecule has 1 aliphatic heterocycles. The van der Waals surface area contributed by atoms with Gasteiger partial charge >= 0.3 is 6.09 Å². The molecule has 1 aliphatic rings. The third-order valence-corrected chi connectivity index (χ3v) is 2.73. The highest BCUT2D eigenvalue weighted by Crippen LogP contribution is 2.32. The van der Waals surface area contributed by atoms with Crippen molar-refractivity contribution in [3.05, 3.63) is 23.8 Å². The predicted octanol–water partition coefficient (Wildman–Crippen LogP) is 2.74. The van der Waals surface area contributed by atoms with Crippen LogP contribution in [0.1, 0.15) is 38.8 Å². The Balaban J connectivity index is 2.24. The second kappa shape index (κ2) is 4.99. The Morgan fingerprint density at radius 3 is 2.79 bits per heavy atom. The van der Waals surface area contributed by atoms with Gasteiger partial charge in [-0.2, -0.15) is 0 Å². The van der Waals surface area contributed by atoms with Crippen molar-refractivity contribution < 1.29 is 19.4 Å². The van der Waals surface area contributed by atoms with E-state index in [9.17, 15) is 9.90 Å². The molecule has 0 spiro atoms. The van der Waals surface area contributed by atoms with Crippen LogP contribution >= 0.6 is 0 Å². The summed E-state index contributed by atoms with van der Waals surface area (Å²) >= 11 is 0. The van der Waals surface area contributed by atoms with Crippen LogP contribution in [-0.4, -0.2) is 23.4 Å². The molecule has 19 heavy (non-hydrogen) atoms. The normalized spacial score (nSPS) is 19.5. The first kappa shape index (κ1) is 13.5. The lowest BCUT2D eigenvalue weighted by Crippen LogP contribution is -2.35. The van der Waals surface area contributed by atoms with Crippen molar-refractivity contribution in [2.75, 3.05) is 6.61 Å². The number of phenolic OH excluding ortho intramolecular Hbond substituents is 1. The van der Waals surface area contributed by atoms with Gasteiger partial charge in [-0.25, -0.2) is 4.79 Å². The zero-order chi connectivity index (χ0) is 14.0. The summed E-state index contributed by atoms with van der Waals surface area (Å²) in [5, 5.41) is 12.6. The lowest BCUT2D eigenvalue weighted by atomic mass is 10.0. The van der Waals surface area contributed by atoms with E-state index >= 15 is 0 Å². The highest BCUT2D eigenvalue weighted by molar-refractivity contribution is 5.69. The molecule has 1 saturated heterocycles. The van der Waals surface area contributed by atoms with E-state index in [1.807, 2.05) is 20.8 Å². The molecular formula is C14H19NO4. The van der Waals surface area contributed by atoms with Crippen LogP contribution < -0.4 is 10.1 Å². The van der Waals surface area contributed by atoms with Crippen LogP contribution in [0.25, 0.3) is 0 Å². The molecule has 1 atom stereocenters. The first-order valence-corrected chi connectivity index (χ1v) is 6.30. The molecule has 0 saturated carbocycles. The maximum Gasteiger partial charge on any atom is 0.407 e. The Hall–Kier alpha value is -1.91. The summed E-state index contributed by atoms with van der Waals surface area (Å²) in [6.45, 7) is 6.21. The number of carbonyl (C=O) groups is 1. The number of aromatic hydroxyl groups is 1. The van der Waals surface area contributed by atoms with Crippen LogP contribution in [0.3, 0.4) is 0 Å². The summed E-state index contributed by atoms with van der Waals surface area (Å²) in [5.41, 5.74) is 0.339. The Kier molecular flexibility index (Phi) is 3.55. The zero-order valence-corrected chi connectivity index (χ0v) is 11.4. The van der Waals surface area contributed by atoms with E-state index < -0.39 is 6.09 Å². The van der Waals surface area contributed by atoms with Crippen molar-refractivity contribution in [3.8, 4) is 11.5 Å². The number of rotatable bonds is 2. The quantitative estimate of drug-likeness (QED) is 0.862. The largest absolute Gasteiger partial charge is 0.508 e. The van der Waals surface area contributed by atoms with Gasteiger partial charge in [-0.15, -0.1) is 0 Å². The average molecular weight is 265 g/mol. The Bertz CT molecular complexity index is 479. The molecule has 5 nitrogen and oxygen atoms in total. The fraction of sp³-hybridized carbons (Fsp3) is 0.500. The van der Waals surface area contributed by atoms with Gasteiger partial charge in [0, 0.05) is 12.0 Å². The first-order valence-electron chi connectivity index (χ1n) is 6.30. The Morgan fingerprint density at radius 2 is 2.16 bits per heavy atom. The van der Waals surface area contributed by atoms with Crippen molar-refractivity contribution in [3.63, 3.8) is 0 Å². The van der Waals surface area contributed by atoms with E-state index in [-0.39, 0.29) is 17.4 Å². The smallest absolute Gasteiger partial charge is 0.407 e. The fourth-order valence-corrected chi connectivity index (χ4v) is 1.99. The molecule has 1 fully saturated rings. The van der Waals surface area contributed by atoms with Crippen LogP contribution in [0.15, 0.2) is 18.2 Å². The van der Waals surface area contributed by atoms with Gasteiger partial charge in [0.15, 0.2) is 0 Å². The molecule has 1 aromatic carbocycles. The van der Waals surface area contributed by atoms with Crippen molar-refractivity contribution >= 4 is 6.09 Å². The summed E-state index contributed by atoms with van der Waals surface area (Å²) < 4.78 is 10.6. The molecule has 104 valence electrons. The second-order valence-corrected chi connectivity index (χ2v) is 5.56. The molecule has 0 bridgehead atoms. The van der Waals surface area contributed by atoms with E-state index in [4.69, 9.17) is 9.47 Å². The van der Waals surface area contributed by atoms with Crippen LogP contribution in [0.4, 0.5) is 4.79 Å². The van der Waals surface area contributed by atoms with Crippen LogP contribution in [-0.2, 0) is 4.74 Å². The predicted molar refractivity (Wildman–Crippen MR) is 70.3 cm³/mol. The van der Waals surface area contributed by atoms with Gasteiger partial charge in [-0.3, -0.25) is 0 Å². The maximum atomic E-state index is 11.2. The summed E-state index contributed by atoms with van der Waals surface area (Å²) in [7, 11) is 0. The molecule has 1 amide bonds. The summed E-state index contributed by atoms with van der Waals surface area (Å²) in [6, 6.07) is 4.81. The number of nitrogens with one attached hydrogen (secondary N) is 1. The standard InChI is InChI=1S/C14H19NO4/c1-14(2,3)19-9-4-5-12(16)10(8-9)11-6-7-18-13(17)15-11/h4-5,8,11,16H,6-7H2,1-3H3,(H,15,17)/t11-/m0/s1. The minimum atomic E-state index is -0.460. The number of amides is 1. The molecule has 2 N–H and O–H groups in total. The van der Waals surface area contributed by atoms with E-state index in [0.29, 0.717) is 24.3 Å². The Labute approximate surface area is 112 Å². The van der Waals surface area contributed by atoms with Crippen LogP contribution in [0.2, 0.25) is 0 Å². The number of phenols is 1. The molecule has 1 heterocycles. The minimum absolute atomic E-state index is 0.147. The van der Waals surface area contributed by atoms with E-state index in [0.717, 1.165) is 0 Å². The van der Waals surface area contributed by atoms with Gasteiger partial charge in [-0.05, 0) is 39.0 Å². The number of hydrogen-bond acceptors (Lipinski definition) is 4. The van der Waals surface area contributed by atoms with E-state index in [1.165, 1.54) is 0 Å².